The first-order chi connectivity index (χ1) is 15.7. The number of rotatable bonds is 3. The first-order valence-electron chi connectivity index (χ1n) is 11.0. The number of benzene rings is 3. The van der Waals surface area contributed by atoms with Crippen LogP contribution in [0.25, 0.3) is 0 Å². The summed E-state index contributed by atoms with van der Waals surface area (Å²) in [5.41, 5.74) is 4.38. The van der Waals surface area contributed by atoms with Crippen molar-refractivity contribution in [3.05, 3.63) is 101 Å². The molecule has 3 aromatic rings. The van der Waals surface area contributed by atoms with Gasteiger partial charge in [-0.15, -0.1) is 0 Å². The number of hydrogen-bond acceptors (Lipinski definition) is 1. The van der Waals surface area contributed by atoms with Crippen molar-refractivity contribution >= 4 is 0 Å². The zero-order valence-corrected chi connectivity index (χ0v) is 20.5. The van der Waals surface area contributed by atoms with Gasteiger partial charge >= 0.3 is 12.8 Å². The van der Waals surface area contributed by atoms with Crippen molar-refractivity contribution in [3.63, 3.8) is 0 Å². The normalized spacial score (nSPS) is 11.2. The molecule has 3 aromatic carbocycles. The molecule has 0 bridgehead atoms. The molecular formula is C28H33F5O. The fraction of sp³-hybridized carbons (Fsp3) is 0.357. The van der Waals surface area contributed by atoms with E-state index in [9.17, 15) is 22.0 Å². The quantitative estimate of drug-likeness (QED) is 0.340. The molecule has 0 aromatic heterocycles. The van der Waals surface area contributed by atoms with Gasteiger partial charge in [0, 0.05) is 0 Å². The molecule has 0 atom stereocenters. The van der Waals surface area contributed by atoms with Crippen molar-refractivity contribution < 1.29 is 26.7 Å². The van der Waals surface area contributed by atoms with E-state index in [2.05, 4.69) is 56.7 Å². The monoisotopic (exact) mass is 480 g/mol. The molecule has 0 saturated carbocycles. The third-order valence-electron chi connectivity index (χ3n) is 4.85. The molecular weight excluding hydrogens is 447 g/mol. The standard InChI is InChI=1S/C12H18.C8H7F3.C8H8F2O/c1-5-10-6-8-11(9-7-10)12(2,3)4;1-6-2-4-7(5-3-6)8(9,10)11;1-6-2-4-7(5-3-6)11-8(9)10/h6-9H,5H2,1-4H3;2-5H,1H3;2-5,8H,1H3. The van der Waals surface area contributed by atoms with Gasteiger partial charge in [-0.2, -0.15) is 22.0 Å². The van der Waals surface area contributed by atoms with Gasteiger partial charge in [-0.25, -0.2) is 0 Å². The summed E-state index contributed by atoms with van der Waals surface area (Å²) in [5, 5.41) is 0. The predicted octanol–water partition coefficient (Wildman–Crippen LogP) is 9.16. The Morgan fingerprint density at radius 3 is 1.44 bits per heavy atom. The largest absolute Gasteiger partial charge is 0.435 e. The molecule has 0 heterocycles. The van der Waals surface area contributed by atoms with E-state index in [1.165, 1.54) is 35.4 Å². The Morgan fingerprint density at radius 1 is 0.676 bits per heavy atom. The molecule has 186 valence electrons. The van der Waals surface area contributed by atoms with Crippen molar-refractivity contribution in [2.24, 2.45) is 0 Å². The van der Waals surface area contributed by atoms with Crippen molar-refractivity contribution in [1.29, 1.82) is 0 Å². The Hall–Kier alpha value is -2.89. The van der Waals surface area contributed by atoms with Crippen LogP contribution in [0, 0.1) is 13.8 Å². The molecule has 0 saturated heterocycles. The summed E-state index contributed by atoms with van der Waals surface area (Å²) in [6, 6.07) is 20.4. The minimum Gasteiger partial charge on any atom is -0.435 e. The molecule has 0 aliphatic heterocycles. The van der Waals surface area contributed by atoms with Gasteiger partial charge in [-0.05, 0) is 61.1 Å². The van der Waals surface area contributed by atoms with Gasteiger partial charge < -0.3 is 4.74 Å². The van der Waals surface area contributed by atoms with Crippen LogP contribution in [0.3, 0.4) is 0 Å². The molecule has 34 heavy (non-hydrogen) atoms. The van der Waals surface area contributed by atoms with Crippen LogP contribution in [-0.2, 0) is 18.0 Å². The highest BCUT2D eigenvalue weighted by molar-refractivity contribution is 5.28. The highest BCUT2D eigenvalue weighted by Gasteiger charge is 2.29. The first-order valence-corrected chi connectivity index (χ1v) is 11.0. The molecule has 0 radical (unpaired) electrons. The van der Waals surface area contributed by atoms with E-state index < -0.39 is 18.4 Å². The van der Waals surface area contributed by atoms with Gasteiger partial charge in [0.15, 0.2) is 0 Å². The van der Waals surface area contributed by atoms with E-state index in [0.29, 0.717) is 0 Å². The molecule has 0 aliphatic rings. The number of aryl methyl sites for hydroxylation is 3. The fourth-order valence-corrected chi connectivity index (χ4v) is 2.70. The maximum atomic E-state index is 11.9. The average molecular weight is 481 g/mol. The summed E-state index contributed by atoms with van der Waals surface area (Å²) in [4.78, 5) is 0. The summed E-state index contributed by atoms with van der Waals surface area (Å²) in [6.07, 6.45) is -3.09. The number of alkyl halides is 5. The van der Waals surface area contributed by atoms with Crippen molar-refractivity contribution in [2.45, 2.75) is 66.2 Å². The van der Waals surface area contributed by atoms with Crippen molar-refractivity contribution in [1.82, 2.24) is 0 Å². The van der Waals surface area contributed by atoms with Gasteiger partial charge in [0.05, 0.1) is 5.56 Å². The fourth-order valence-electron chi connectivity index (χ4n) is 2.70. The Balaban J connectivity index is 0.000000255. The zero-order chi connectivity index (χ0) is 25.9. The summed E-state index contributed by atoms with van der Waals surface area (Å²) in [7, 11) is 0. The van der Waals surface area contributed by atoms with Gasteiger partial charge in [0.1, 0.15) is 5.75 Å². The Kier molecular flexibility index (Phi) is 11.2. The number of ether oxygens (including phenoxy) is 1. The topological polar surface area (TPSA) is 9.23 Å². The van der Waals surface area contributed by atoms with E-state index in [1.54, 1.807) is 19.1 Å². The van der Waals surface area contributed by atoms with Gasteiger partial charge in [0.2, 0.25) is 0 Å². The SMILES string of the molecule is CCc1ccc(C(C)(C)C)cc1.Cc1ccc(C(F)(F)F)cc1.Cc1ccc(OC(F)F)cc1. The Bertz CT molecular complexity index is 952. The molecule has 0 amide bonds. The Labute approximate surface area is 199 Å². The predicted molar refractivity (Wildman–Crippen MR) is 129 cm³/mol. The summed E-state index contributed by atoms with van der Waals surface area (Å²) in [6.45, 7) is 9.81. The molecule has 0 unspecified atom stereocenters. The van der Waals surface area contributed by atoms with Crippen LogP contribution in [0.15, 0.2) is 72.8 Å². The van der Waals surface area contributed by atoms with Crippen LogP contribution in [0.1, 0.15) is 55.5 Å². The summed E-state index contributed by atoms with van der Waals surface area (Å²) >= 11 is 0. The third kappa shape index (κ3) is 11.3. The smallest absolute Gasteiger partial charge is 0.416 e. The van der Waals surface area contributed by atoms with Crippen LogP contribution in [0.2, 0.25) is 0 Å². The van der Waals surface area contributed by atoms with E-state index in [4.69, 9.17) is 0 Å². The van der Waals surface area contributed by atoms with E-state index >= 15 is 0 Å². The molecule has 0 N–H and O–H groups in total. The van der Waals surface area contributed by atoms with Crippen LogP contribution < -0.4 is 4.74 Å². The zero-order valence-electron chi connectivity index (χ0n) is 20.5. The second-order valence-electron chi connectivity index (χ2n) is 8.86. The summed E-state index contributed by atoms with van der Waals surface area (Å²) in [5.74, 6) is 0.200. The molecule has 1 nitrogen and oxygen atoms in total. The second kappa shape index (κ2) is 13.1. The lowest BCUT2D eigenvalue weighted by molar-refractivity contribution is -0.137. The highest BCUT2D eigenvalue weighted by atomic mass is 19.4. The van der Waals surface area contributed by atoms with E-state index in [-0.39, 0.29) is 11.2 Å². The first kappa shape index (κ1) is 29.1. The third-order valence-corrected chi connectivity index (χ3v) is 4.85. The minimum absolute atomic E-state index is 0.200. The van der Waals surface area contributed by atoms with Gasteiger partial charge in [-0.1, -0.05) is 87.4 Å². The van der Waals surface area contributed by atoms with Gasteiger partial charge in [-0.3, -0.25) is 0 Å². The number of halogens is 5. The number of hydrogen-bond donors (Lipinski definition) is 0. The molecule has 3 rings (SSSR count). The lowest BCUT2D eigenvalue weighted by atomic mass is 9.86. The lowest BCUT2D eigenvalue weighted by Crippen LogP contribution is -2.10. The van der Waals surface area contributed by atoms with E-state index in [0.717, 1.165) is 29.7 Å². The van der Waals surface area contributed by atoms with Crippen LogP contribution in [0.5, 0.6) is 5.75 Å². The van der Waals surface area contributed by atoms with Crippen molar-refractivity contribution in [3.8, 4) is 5.75 Å². The highest BCUT2D eigenvalue weighted by Crippen LogP contribution is 2.28. The van der Waals surface area contributed by atoms with E-state index in [1.807, 2.05) is 6.92 Å². The lowest BCUT2D eigenvalue weighted by Gasteiger charge is -2.18. The maximum absolute atomic E-state index is 11.9. The van der Waals surface area contributed by atoms with Gasteiger partial charge in [0.25, 0.3) is 0 Å². The van der Waals surface area contributed by atoms with Crippen LogP contribution >= 0.6 is 0 Å². The molecule has 0 aliphatic carbocycles. The average Bonchev–Trinajstić information content (AvgIpc) is 2.75. The second-order valence-corrected chi connectivity index (χ2v) is 8.86. The molecule has 6 heteroatoms. The van der Waals surface area contributed by atoms with Crippen LogP contribution in [0.4, 0.5) is 22.0 Å². The Morgan fingerprint density at radius 2 is 1.09 bits per heavy atom. The van der Waals surface area contributed by atoms with Crippen molar-refractivity contribution in [2.75, 3.05) is 0 Å². The summed E-state index contributed by atoms with van der Waals surface area (Å²) < 4.78 is 63.1. The van der Waals surface area contributed by atoms with Crippen LogP contribution in [-0.4, -0.2) is 6.61 Å². The minimum atomic E-state index is -4.21. The molecule has 0 spiro atoms. The maximum Gasteiger partial charge on any atom is 0.416 e. The molecule has 0 fully saturated rings.